The fraction of sp³-hybridized carbons (Fsp3) is 0.222. The third kappa shape index (κ3) is 2.88. The number of alkyl halides is 2. The molecular weight excluding hydrogens is 220 g/mol. The zero-order chi connectivity index (χ0) is 12.1. The summed E-state index contributed by atoms with van der Waals surface area (Å²) in [5.74, 6) is 0. The van der Waals surface area contributed by atoms with Crippen molar-refractivity contribution in [3.05, 3.63) is 33.9 Å². The Bertz CT molecular complexity index is 443. The molecule has 0 aliphatic heterocycles. The first kappa shape index (κ1) is 11.8. The molecule has 1 aromatic carbocycles. The van der Waals surface area contributed by atoms with Gasteiger partial charge in [0.15, 0.2) is 0 Å². The summed E-state index contributed by atoms with van der Waals surface area (Å²) in [5, 5.41) is 21.4. The van der Waals surface area contributed by atoms with Gasteiger partial charge in [-0.05, 0) is 12.1 Å². The van der Waals surface area contributed by atoms with E-state index in [0.29, 0.717) is 0 Å². The zero-order valence-electron chi connectivity index (χ0n) is 7.98. The molecule has 0 fully saturated rings. The lowest BCUT2D eigenvalue weighted by molar-refractivity contribution is -0.384. The van der Waals surface area contributed by atoms with Crippen LogP contribution in [0, 0.1) is 21.4 Å². The van der Waals surface area contributed by atoms with Gasteiger partial charge < -0.3 is 5.32 Å². The lowest BCUT2D eigenvalue weighted by atomic mass is 10.2. The highest BCUT2D eigenvalue weighted by Crippen LogP contribution is 2.25. The second-order valence-corrected chi connectivity index (χ2v) is 2.87. The summed E-state index contributed by atoms with van der Waals surface area (Å²) < 4.78 is 23.9. The lowest BCUT2D eigenvalue weighted by Gasteiger charge is -2.06. The highest BCUT2D eigenvalue weighted by Gasteiger charge is 2.15. The molecule has 0 aliphatic carbocycles. The molecule has 0 aliphatic rings. The molecule has 0 heterocycles. The van der Waals surface area contributed by atoms with Gasteiger partial charge in [0.25, 0.3) is 12.1 Å². The van der Waals surface area contributed by atoms with Crippen LogP contribution in [0.25, 0.3) is 0 Å². The van der Waals surface area contributed by atoms with Gasteiger partial charge in [0, 0.05) is 6.07 Å². The van der Waals surface area contributed by atoms with Gasteiger partial charge in [0.1, 0.15) is 5.69 Å². The number of nitrogens with zero attached hydrogens (tertiary/aromatic N) is 2. The quantitative estimate of drug-likeness (QED) is 0.631. The average Bonchev–Trinajstić information content (AvgIpc) is 2.25. The molecule has 16 heavy (non-hydrogen) atoms. The lowest BCUT2D eigenvalue weighted by Crippen LogP contribution is -2.11. The molecule has 0 atom stereocenters. The maximum atomic E-state index is 11.9. The molecule has 84 valence electrons. The molecule has 0 radical (unpaired) electrons. The van der Waals surface area contributed by atoms with Crippen molar-refractivity contribution in [1.82, 2.24) is 0 Å². The predicted octanol–water partition coefficient (Wildman–Crippen LogP) is 2.14. The molecule has 0 bridgehead atoms. The van der Waals surface area contributed by atoms with E-state index >= 15 is 0 Å². The average molecular weight is 227 g/mol. The number of nitro groups is 1. The molecule has 7 heteroatoms. The molecule has 0 saturated heterocycles. The third-order valence-electron chi connectivity index (χ3n) is 1.77. The van der Waals surface area contributed by atoms with Crippen molar-refractivity contribution in [2.75, 3.05) is 11.9 Å². The maximum Gasteiger partial charge on any atom is 0.292 e. The fourth-order valence-electron chi connectivity index (χ4n) is 1.09. The monoisotopic (exact) mass is 227 g/mol. The summed E-state index contributed by atoms with van der Waals surface area (Å²) in [5.41, 5.74) is -0.244. The van der Waals surface area contributed by atoms with Crippen LogP contribution in [0.1, 0.15) is 5.56 Å². The smallest absolute Gasteiger partial charge is 0.292 e. The van der Waals surface area contributed by atoms with Crippen molar-refractivity contribution in [2.24, 2.45) is 0 Å². The summed E-state index contributed by atoms with van der Waals surface area (Å²) in [6.07, 6.45) is -2.62. The molecule has 0 amide bonds. The van der Waals surface area contributed by atoms with Crippen LogP contribution in [0.5, 0.6) is 0 Å². The van der Waals surface area contributed by atoms with Crippen LogP contribution in [-0.4, -0.2) is 17.9 Å². The van der Waals surface area contributed by atoms with Gasteiger partial charge in [-0.2, -0.15) is 5.26 Å². The third-order valence-corrected chi connectivity index (χ3v) is 1.77. The minimum atomic E-state index is -2.62. The highest BCUT2D eigenvalue weighted by atomic mass is 19.3. The molecule has 0 spiro atoms. The van der Waals surface area contributed by atoms with Crippen molar-refractivity contribution in [2.45, 2.75) is 6.43 Å². The van der Waals surface area contributed by atoms with Gasteiger partial charge in [-0.1, -0.05) is 0 Å². The molecule has 0 saturated carbocycles. The van der Waals surface area contributed by atoms with Crippen molar-refractivity contribution in [3.8, 4) is 6.07 Å². The first-order valence-corrected chi connectivity index (χ1v) is 4.25. The van der Waals surface area contributed by atoms with E-state index < -0.39 is 17.9 Å². The number of hydrogen-bond acceptors (Lipinski definition) is 4. The van der Waals surface area contributed by atoms with Gasteiger partial charge in [-0.25, -0.2) is 8.78 Å². The summed E-state index contributed by atoms with van der Waals surface area (Å²) in [6, 6.07) is 5.30. The number of hydrogen-bond donors (Lipinski definition) is 1. The van der Waals surface area contributed by atoms with E-state index in [0.717, 1.165) is 6.07 Å². The Morgan fingerprint density at radius 1 is 1.56 bits per heavy atom. The molecule has 0 unspecified atom stereocenters. The first-order valence-electron chi connectivity index (χ1n) is 4.25. The Balaban J connectivity index is 3.02. The normalized spacial score (nSPS) is 9.88. The Hall–Kier alpha value is -2.23. The van der Waals surface area contributed by atoms with Gasteiger partial charge in [-0.15, -0.1) is 0 Å². The van der Waals surface area contributed by atoms with Crippen molar-refractivity contribution in [1.29, 1.82) is 5.26 Å². The Morgan fingerprint density at radius 2 is 2.25 bits per heavy atom. The molecule has 1 rings (SSSR count). The van der Waals surface area contributed by atoms with Gasteiger partial charge in [0.2, 0.25) is 0 Å². The van der Waals surface area contributed by atoms with Gasteiger partial charge >= 0.3 is 0 Å². The van der Waals surface area contributed by atoms with Crippen LogP contribution in [-0.2, 0) is 0 Å². The largest absolute Gasteiger partial charge is 0.374 e. The van der Waals surface area contributed by atoms with Crippen LogP contribution in [0.3, 0.4) is 0 Å². The van der Waals surface area contributed by atoms with E-state index in [4.69, 9.17) is 5.26 Å². The maximum absolute atomic E-state index is 11.9. The number of nitriles is 1. The second kappa shape index (κ2) is 5.02. The van der Waals surface area contributed by atoms with E-state index in [1.54, 1.807) is 6.07 Å². The molecule has 5 nitrogen and oxygen atoms in total. The summed E-state index contributed by atoms with van der Waals surface area (Å²) >= 11 is 0. The van der Waals surface area contributed by atoms with Crippen molar-refractivity contribution >= 4 is 11.4 Å². The van der Waals surface area contributed by atoms with E-state index in [-0.39, 0.29) is 16.9 Å². The predicted molar refractivity (Wildman–Crippen MR) is 52.3 cm³/mol. The molecule has 0 aromatic heterocycles. The van der Waals surface area contributed by atoms with Crippen LogP contribution < -0.4 is 5.32 Å². The Kier molecular flexibility index (Phi) is 3.72. The zero-order valence-corrected chi connectivity index (χ0v) is 7.98. The van der Waals surface area contributed by atoms with E-state index in [2.05, 4.69) is 5.32 Å². The van der Waals surface area contributed by atoms with Crippen LogP contribution in [0.15, 0.2) is 18.2 Å². The summed E-state index contributed by atoms with van der Waals surface area (Å²) in [7, 11) is 0. The minimum absolute atomic E-state index is 0.0793. The van der Waals surface area contributed by atoms with E-state index in [9.17, 15) is 18.9 Å². The van der Waals surface area contributed by atoms with Crippen LogP contribution in [0.4, 0.5) is 20.2 Å². The van der Waals surface area contributed by atoms with Crippen LogP contribution >= 0.6 is 0 Å². The first-order chi connectivity index (χ1) is 7.54. The second-order valence-electron chi connectivity index (χ2n) is 2.87. The standard InChI is InChI=1S/C9H7F2N3O2/c10-9(11)5-13-7-3-6(4-12)1-2-8(7)14(15)16/h1-3,9,13H,5H2. The fourth-order valence-corrected chi connectivity index (χ4v) is 1.09. The SMILES string of the molecule is N#Cc1ccc([N+](=O)[O-])c(NCC(F)F)c1. The van der Waals surface area contributed by atoms with Gasteiger partial charge in [-0.3, -0.25) is 10.1 Å². The van der Waals surface area contributed by atoms with Crippen LogP contribution in [0.2, 0.25) is 0 Å². The molecule has 1 N–H and O–H groups in total. The topological polar surface area (TPSA) is 79.0 Å². The minimum Gasteiger partial charge on any atom is -0.374 e. The van der Waals surface area contributed by atoms with E-state index in [1.807, 2.05) is 0 Å². The summed E-state index contributed by atoms with van der Waals surface area (Å²) in [4.78, 5) is 9.86. The summed E-state index contributed by atoms with van der Waals surface area (Å²) in [6.45, 7) is -0.699. The van der Waals surface area contributed by atoms with E-state index in [1.165, 1.54) is 12.1 Å². The Morgan fingerprint density at radius 3 is 2.75 bits per heavy atom. The van der Waals surface area contributed by atoms with Crippen molar-refractivity contribution in [3.63, 3.8) is 0 Å². The highest BCUT2D eigenvalue weighted by molar-refractivity contribution is 5.64. The van der Waals surface area contributed by atoms with Gasteiger partial charge in [0.05, 0.1) is 23.1 Å². The number of rotatable bonds is 4. The van der Waals surface area contributed by atoms with Crippen molar-refractivity contribution < 1.29 is 13.7 Å². The Labute approximate surface area is 89.5 Å². The number of benzene rings is 1. The number of nitrogens with one attached hydrogen (secondary N) is 1. The number of nitro benzene ring substituents is 1. The number of anilines is 1. The molecular formula is C9H7F2N3O2. The molecule has 1 aromatic rings. The number of halogens is 2.